The fourth-order valence-corrected chi connectivity index (χ4v) is 4.17. The van der Waals surface area contributed by atoms with Crippen LogP contribution in [-0.2, 0) is 0 Å². The summed E-state index contributed by atoms with van der Waals surface area (Å²) in [5.41, 5.74) is 8.09. The van der Waals surface area contributed by atoms with Crippen molar-refractivity contribution in [3.63, 3.8) is 0 Å². The molecule has 108 valence electrons. The van der Waals surface area contributed by atoms with E-state index in [0.717, 1.165) is 21.0 Å². The second kappa shape index (κ2) is 5.02. The van der Waals surface area contributed by atoms with Crippen LogP contribution >= 0.6 is 22.7 Å². The van der Waals surface area contributed by atoms with Gasteiger partial charge in [-0.3, -0.25) is 5.10 Å². The lowest BCUT2D eigenvalue weighted by molar-refractivity contribution is 0.379. The normalized spacial score (nSPS) is 17.0. The van der Waals surface area contributed by atoms with Crippen LogP contribution in [0.4, 0.5) is 0 Å². The summed E-state index contributed by atoms with van der Waals surface area (Å²) in [6, 6.07) is 10.1. The van der Waals surface area contributed by atoms with Crippen molar-refractivity contribution in [2.45, 2.75) is 5.92 Å². The van der Waals surface area contributed by atoms with Gasteiger partial charge in [0.15, 0.2) is 0 Å². The van der Waals surface area contributed by atoms with Gasteiger partial charge < -0.3 is 10.5 Å². The minimum absolute atomic E-state index is 0.123. The first-order chi connectivity index (χ1) is 10.8. The zero-order chi connectivity index (χ0) is 15.1. The number of nitriles is 1. The van der Waals surface area contributed by atoms with Crippen LogP contribution in [0.3, 0.4) is 0 Å². The summed E-state index contributed by atoms with van der Waals surface area (Å²) in [6.45, 7) is 0. The molecule has 3 aromatic rings. The highest BCUT2D eigenvalue weighted by Crippen LogP contribution is 2.47. The Balaban J connectivity index is 1.97. The topological polar surface area (TPSA) is 87.7 Å². The van der Waals surface area contributed by atoms with E-state index in [9.17, 15) is 5.26 Å². The second-order valence-electron chi connectivity index (χ2n) is 4.73. The summed E-state index contributed by atoms with van der Waals surface area (Å²) >= 11 is 3.20. The van der Waals surface area contributed by atoms with Crippen molar-refractivity contribution in [1.29, 1.82) is 5.26 Å². The first kappa shape index (κ1) is 13.1. The Kier molecular flexibility index (Phi) is 2.99. The van der Waals surface area contributed by atoms with Crippen molar-refractivity contribution in [2.75, 3.05) is 0 Å². The van der Waals surface area contributed by atoms with Crippen LogP contribution < -0.4 is 10.5 Å². The second-order valence-corrected chi connectivity index (χ2v) is 6.66. The lowest BCUT2D eigenvalue weighted by atomic mass is 9.88. The number of aromatic amines is 1. The molecule has 0 bridgehead atoms. The van der Waals surface area contributed by atoms with Crippen LogP contribution in [0.25, 0.3) is 10.6 Å². The van der Waals surface area contributed by atoms with Crippen LogP contribution in [-0.4, -0.2) is 10.2 Å². The van der Waals surface area contributed by atoms with E-state index in [1.54, 1.807) is 22.7 Å². The van der Waals surface area contributed by atoms with Gasteiger partial charge in [-0.25, -0.2) is 0 Å². The number of hydrogen-bond donors (Lipinski definition) is 2. The summed E-state index contributed by atoms with van der Waals surface area (Å²) in [4.78, 5) is 2.10. The molecule has 1 atom stereocenters. The van der Waals surface area contributed by atoms with Gasteiger partial charge in [0.25, 0.3) is 0 Å². The maximum Gasteiger partial charge on any atom is 0.244 e. The maximum absolute atomic E-state index is 9.52. The average molecular weight is 326 g/mol. The highest BCUT2D eigenvalue weighted by Gasteiger charge is 2.36. The van der Waals surface area contributed by atoms with Gasteiger partial charge in [-0.05, 0) is 22.9 Å². The first-order valence-electron chi connectivity index (χ1n) is 6.52. The molecule has 0 fully saturated rings. The van der Waals surface area contributed by atoms with E-state index in [2.05, 4.69) is 16.3 Å². The lowest BCUT2D eigenvalue weighted by Gasteiger charge is -2.22. The Morgan fingerprint density at radius 3 is 2.77 bits per heavy atom. The van der Waals surface area contributed by atoms with Gasteiger partial charge in [-0.1, -0.05) is 12.1 Å². The number of thiophene rings is 2. The highest BCUT2D eigenvalue weighted by molar-refractivity contribution is 7.13. The summed E-state index contributed by atoms with van der Waals surface area (Å²) in [7, 11) is 0. The molecule has 0 radical (unpaired) electrons. The molecule has 0 saturated heterocycles. The van der Waals surface area contributed by atoms with Crippen LogP contribution in [0.5, 0.6) is 5.88 Å². The number of rotatable bonds is 2. The van der Waals surface area contributed by atoms with Crippen LogP contribution in [0.2, 0.25) is 0 Å². The van der Waals surface area contributed by atoms with E-state index in [0.29, 0.717) is 11.5 Å². The fraction of sp³-hybridized carbons (Fsp3) is 0.0667. The summed E-state index contributed by atoms with van der Waals surface area (Å²) in [5.74, 6) is 0.320. The molecule has 4 heterocycles. The van der Waals surface area contributed by atoms with Gasteiger partial charge in [-0.15, -0.1) is 27.8 Å². The number of H-pyrrole nitrogens is 1. The van der Waals surface area contributed by atoms with Crippen molar-refractivity contribution in [3.05, 3.63) is 56.9 Å². The van der Waals surface area contributed by atoms with Crippen LogP contribution in [0.1, 0.15) is 16.4 Å². The van der Waals surface area contributed by atoms with E-state index in [4.69, 9.17) is 10.5 Å². The van der Waals surface area contributed by atoms with Crippen molar-refractivity contribution < 1.29 is 4.74 Å². The molecular weight excluding hydrogens is 316 g/mol. The van der Waals surface area contributed by atoms with Crippen molar-refractivity contribution in [2.24, 2.45) is 5.73 Å². The number of hydrogen-bond acceptors (Lipinski definition) is 6. The fourth-order valence-electron chi connectivity index (χ4n) is 2.59. The number of nitrogens with two attached hydrogens (primary N) is 1. The molecule has 1 aliphatic rings. The number of nitrogens with one attached hydrogen (secondary N) is 1. The van der Waals surface area contributed by atoms with Gasteiger partial charge in [0.2, 0.25) is 11.8 Å². The first-order valence-corrected chi connectivity index (χ1v) is 8.28. The highest BCUT2D eigenvalue weighted by atomic mass is 32.1. The molecule has 3 N–H and O–H groups in total. The molecule has 1 aliphatic heterocycles. The van der Waals surface area contributed by atoms with Gasteiger partial charge in [0.1, 0.15) is 11.6 Å². The van der Waals surface area contributed by atoms with E-state index in [1.165, 1.54) is 0 Å². The Hall–Kier alpha value is -2.56. The molecule has 4 rings (SSSR count). The maximum atomic E-state index is 9.52. The number of ether oxygens (including phenoxy) is 1. The molecule has 0 saturated carbocycles. The Labute approximate surface area is 134 Å². The van der Waals surface area contributed by atoms with Crippen molar-refractivity contribution in [1.82, 2.24) is 10.2 Å². The van der Waals surface area contributed by atoms with Gasteiger partial charge in [0, 0.05) is 4.88 Å². The SMILES string of the molecule is N#CC1=C(N)Oc2n[nH]c(-c3cccs3)c2[C@H]1c1cccs1. The molecule has 0 amide bonds. The van der Waals surface area contributed by atoms with Gasteiger partial charge in [0.05, 0.1) is 22.1 Å². The Morgan fingerprint density at radius 2 is 2.09 bits per heavy atom. The third-order valence-corrected chi connectivity index (χ3v) is 5.36. The van der Waals surface area contributed by atoms with E-state index in [-0.39, 0.29) is 11.8 Å². The molecule has 0 spiro atoms. The molecule has 0 unspecified atom stereocenters. The zero-order valence-corrected chi connectivity index (χ0v) is 12.9. The number of fused-ring (bicyclic) bond motifs is 1. The van der Waals surface area contributed by atoms with Gasteiger partial charge in [-0.2, -0.15) is 5.26 Å². The standard InChI is InChI=1S/C15H10N4OS2/c16-7-8-11(9-3-1-5-21-9)12-13(10-4-2-6-22-10)18-19-15(12)20-14(8)17/h1-6,11H,17H2,(H,18,19)/t11-/m1/s1. The summed E-state index contributed by atoms with van der Waals surface area (Å²) < 4.78 is 5.54. The summed E-state index contributed by atoms with van der Waals surface area (Å²) in [6.07, 6.45) is 0. The van der Waals surface area contributed by atoms with Crippen molar-refractivity contribution in [3.8, 4) is 22.5 Å². The number of aromatic nitrogens is 2. The molecule has 0 aromatic carbocycles. The minimum Gasteiger partial charge on any atom is -0.420 e. The molecule has 0 aliphatic carbocycles. The molecular formula is C15H10N4OS2. The average Bonchev–Trinajstić information content (AvgIpc) is 3.26. The monoisotopic (exact) mass is 326 g/mol. The minimum atomic E-state index is -0.246. The van der Waals surface area contributed by atoms with Crippen molar-refractivity contribution >= 4 is 22.7 Å². The lowest BCUT2D eigenvalue weighted by Crippen LogP contribution is -2.20. The molecule has 3 aromatic heterocycles. The Bertz CT molecular complexity index is 885. The zero-order valence-electron chi connectivity index (χ0n) is 11.2. The molecule has 5 nitrogen and oxygen atoms in total. The molecule has 22 heavy (non-hydrogen) atoms. The summed E-state index contributed by atoms with van der Waals surface area (Å²) in [5, 5.41) is 20.8. The van der Waals surface area contributed by atoms with Crippen LogP contribution in [0, 0.1) is 11.3 Å². The number of allylic oxidation sites excluding steroid dienone is 1. The Morgan fingerprint density at radius 1 is 1.27 bits per heavy atom. The number of nitrogens with zero attached hydrogens (tertiary/aromatic N) is 2. The predicted octanol–water partition coefficient (Wildman–Crippen LogP) is 3.42. The quantitative estimate of drug-likeness (QED) is 0.755. The molecule has 7 heteroatoms. The van der Waals surface area contributed by atoms with Crippen LogP contribution in [0.15, 0.2) is 46.5 Å². The van der Waals surface area contributed by atoms with E-state index >= 15 is 0 Å². The predicted molar refractivity (Wildman–Crippen MR) is 85.5 cm³/mol. The third kappa shape index (κ3) is 1.85. The third-order valence-electron chi connectivity index (χ3n) is 3.53. The smallest absolute Gasteiger partial charge is 0.244 e. The van der Waals surface area contributed by atoms with E-state index in [1.807, 2.05) is 35.0 Å². The van der Waals surface area contributed by atoms with E-state index < -0.39 is 0 Å². The largest absolute Gasteiger partial charge is 0.420 e. The van der Waals surface area contributed by atoms with Gasteiger partial charge >= 0.3 is 0 Å².